The summed E-state index contributed by atoms with van der Waals surface area (Å²) >= 11 is 0. The molecule has 1 nitrogen and oxygen atoms in total. The minimum absolute atomic E-state index is 0.0878. The van der Waals surface area contributed by atoms with E-state index in [0.29, 0.717) is 0 Å². The number of fused-ring (bicyclic) bond motifs is 9. The van der Waals surface area contributed by atoms with E-state index in [1.807, 2.05) is 0 Å². The van der Waals surface area contributed by atoms with Crippen molar-refractivity contribution in [2.45, 2.75) is 30.1 Å². The van der Waals surface area contributed by atoms with Gasteiger partial charge in [-0.3, -0.25) is 0 Å². The molecule has 0 radical (unpaired) electrons. The summed E-state index contributed by atoms with van der Waals surface area (Å²) in [7, 11) is 0. The maximum Gasteiger partial charge on any atom is 0.0713 e. The van der Waals surface area contributed by atoms with Crippen molar-refractivity contribution in [3.63, 3.8) is 0 Å². The van der Waals surface area contributed by atoms with Crippen LogP contribution in [0, 0.1) is 0 Å². The molecule has 0 saturated carbocycles. The summed E-state index contributed by atoms with van der Waals surface area (Å²) in [5.41, 5.74) is 30.0. The molecule has 3 aliphatic carbocycles. The van der Waals surface area contributed by atoms with Crippen LogP contribution in [-0.2, 0) is 16.2 Å². The van der Waals surface area contributed by atoms with Gasteiger partial charge in [-0.05, 0) is 171 Å². The van der Waals surface area contributed by atoms with Crippen molar-refractivity contribution in [1.82, 2.24) is 0 Å². The fraction of sp³-hybridized carbons (Fsp3) is 0.0602. The van der Waals surface area contributed by atoms with E-state index in [0.717, 1.165) is 28.2 Å². The Morgan fingerprint density at radius 2 is 0.560 bits per heavy atom. The highest BCUT2D eigenvalue weighted by Crippen LogP contribution is 2.59. The lowest BCUT2D eigenvalue weighted by molar-refractivity contribution is 0.660. The summed E-state index contributed by atoms with van der Waals surface area (Å²) < 4.78 is 0. The van der Waals surface area contributed by atoms with Crippen molar-refractivity contribution in [1.29, 1.82) is 0 Å². The molecule has 13 aromatic carbocycles. The summed E-state index contributed by atoms with van der Waals surface area (Å²) in [6.07, 6.45) is 0. The highest BCUT2D eigenvalue weighted by Gasteiger charge is 2.48. The van der Waals surface area contributed by atoms with Crippen LogP contribution in [0.3, 0.4) is 0 Å². The third-order valence-electron chi connectivity index (χ3n) is 18.8. The van der Waals surface area contributed by atoms with Gasteiger partial charge in [-0.15, -0.1) is 0 Å². The molecular formula is C83H59N. The highest BCUT2D eigenvalue weighted by molar-refractivity contribution is 5.95. The van der Waals surface area contributed by atoms with Crippen molar-refractivity contribution >= 4 is 17.1 Å². The van der Waals surface area contributed by atoms with Crippen LogP contribution in [0.1, 0.15) is 69.5 Å². The number of hydrogen-bond acceptors (Lipinski definition) is 1. The van der Waals surface area contributed by atoms with E-state index in [4.69, 9.17) is 0 Å². The van der Waals surface area contributed by atoms with Crippen LogP contribution in [-0.4, -0.2) is 0 Å². The van der Waals surface area contributed by atoms with Crippen molar-refractivity contribution in [3.05, 3.63) is 377 Å². The molecule has 0 amide bonds. The van der Waals surface area contributed by atoms with Crippen LogP contribution in [0.2, 0.25) is 0 Å². The van der Waals surface area contributed by atoms with Crippen molar-refractivity contribution in [2.24, 2.45) is 0 Å². The summed E-state index contributed by atoms with van der Waals surface area (Å²) in [5, 5.41) is 0. The van der Waals surface area contributed by atoms with Crippen LogP contribution >= 0.6 is 0 Å². The third-order valence-corrected chi connectivity index (χ3v) is 18.8. The van der Waals surface area contributed by atoms with Gasteiger partial charge >= 0.3 is 0 Å². The minimum atomic E-state index is -0.505. The van der Waals surface area contributed by atoms with E-state index in [2.05, 4.69) is 340 Å². The van der Waals surface area contributed by atoms with Crippen molar-refractivity contribution in [3.8, 4) is 66.8 Å². The minimum Gasteiger partial charge on any atom is -0.310 e. The van der Waals surface area contributed by atoms with E-state index in [1.165, 1.54) is 111 Å². The first-order chi connectivity index (χ1) is 41.4. The molecule has 0 atom stereocenters. The van der Waals surface area contributed by atoms with Crippen LogP contribution in [0.25, 0.3) is 66.8 Å². The SMILES string of the molecule is CC1(C)c2ccccc2-c2c(-c3ccc(N(c4cccc(-c5ccc6c(c5)C(c5ccccc5)(c5ccccc5)c5ccccc5-6)c4)c4cccc(-c5ccc6c(c5)C(c5ccccc5)(c5ccccc5)c5ccccc5-6)c4)cc3)cccc21. The maximum atomic E-state index is 2.48. The van der Waals surface area contributed by atoms with E-state index < -0.39 is 10.8 Å². The van der Waals surface area contributed by atoms with E-state index in [9.17, 15) is 0 Å². The second-order valence-corrected chi connectivity index (χ2v) is 23.5. The Balaban J connectivity index is 0.859. The Morgan fingerprint density at radius 1 is 0.214 bits per heavy atom. The van der Waals surface area contributed by atoms with Gasteiger partial charge in [-0.1, -0.05) is 287 Å². The molecule has 0 bridgehead atoms. The van der Waals surface area contributed by atoms with Gasteiger partial charge in [0.1, 0.15) is 0 Å². The van der Waals surface area contributed by atoms with E-state index >= 15 is 0 Å². The van der Waals surface area contributed by atoms with Crippen LogP contribution in [0.5, 0.6) is 0 Å². The number of rotatable bonds is 10. The number of anilines is 3. The van der Waals surface area contributed by atoms with Gasteiger partial charge in [0.25, 0.3) is 0 Å². The van der Waals surface area contributed by atoms with E-state index in [-0.39, 0.29) is 5.41 Å². The third kappa shape index (κ3) is 7.35. The van der Waals surface area contributed by atoms with Crippen LogP contribution < -0.4 is 4.90 Å². The average Bonchev–Trinajstić information content (AvgIpc) is 2.16. The molecule has 13 aromatic rings. The Kier molecular flexibility index (Phi) is 11.4. The molecule has 0 aliphatic heterocycles. The fourth-order valence-electron chi connectivity index (χ4n) is 15.1. The molecule has 0 N–H and O–H groups in total. The molecule has 16 rings (SSSR count). The molecule has 0 heterocycles. The first kappa shape index (κ1) is 49.5. The van der Waals surface area contributed by atoms with Gasteiger partial charge in [0, 0.05) is 22.5 Å². The molecule has 0 aromatic heterocycles. The van der Waals surface area contributed by atoms with Gasteiger partial charge in [0.05, 0.1) is 10.8 Å². The Hall–Kier alpha value is -10.3. The standard InChI is InChI=1S/C83H59N/c1-81(2)74-40-18-17-38-73(74)80-68(39-23-43-77(80)81)56-44-48-65(49-45-56)84(66-34-21-24-57(52-66)59-46-50-71-69-36-15-19-41-75(69)82(78(71)54-59,61-26-7-3-8-27-61)62-28-9-4-10-29-62)67-35-22-25-58(53-67)60-47-51-72-70-37-16-20-42-76(70)83(79(72)55-60,63-30-11-5-12-31-63)64-32-13-6-14-33-64/h3-55H,1-2H3. The largest absolute Gasteiger partial charge is 0.310 e. The van der Waals surface area contributed by atoms with E-state index in [1.54, 1.807) is 0 Å². The first-order valence-corrected chi connectivity index (χ1v) is 29.5. The Bertz CT molecular complexity index is 4370. The zero-order valence-corrected chi connectivity index (χ0v) is 47.0. The lowest BCUT2D eigenvalue weighted by atomic mass is 9.67. The molecule has 0 unspecified atom stereocenters. The molecule has 3 aliphatic rings. The lowest BCUT2D eigenvalue weighted by Gasteiger charge is -2.34. The molecule has 1 heteroatoms. The lowest BCUT2D eigenvalue weighted by Crippen LogP contribution is -2.28. The Labute approximate surface area is 493 Å². The number of benzene rings is 13. The predicted octanol–water partition coefficient (Wildman–Crippen LogP) is 21.2. The average molecular weight is 1070 g/mol. The van der Waals surface area contributed by atoms with Gasteiger partial charge in [0.15, 0.2) is 0 Å². The first-order valence-electron chi connectivity index (χ1n) is 29.5. The van der Waals surface area contributed by atoms with Gasteiger partial charge in [0.2, 0.25) is 0 Å². The normalized spacial score (nSPS) is 14.1. The zero-order valence-electron chi connectivity index (χ0n) is 47.0. The summed E-state index contributed by atoms with van der Waals surface area (Å²) in [6, 6.07) is 120. The van der Waals surface area contributed by atoms with Crippen molar-refractivity contribution in [2.75, 3.05) is 4.90 Å². The molecular weight excluding hydrogens is 1010 g/mol. The summed E-state index contributed by atoms with van der Waals surface area (Å²) in [6.45, 7) is 4.72. The van der Waals surface area contributed by atoms with Crippen molar-refractivity contribution < 1.29 is 0 Å². The van der Waals surface area contributed by atoms with Gasteiger partial charge in [-0.2, -0.15) is 0 Å². The monoisotopic (exact) mass is 1070 g/mol. The number of hydrogen-bond donors (Lipinski definition) is 0. The Morgan fingerprint density at radius 3 is 1.02 bits per heavy atom. The maximum absolute atomic E-state index is 2.48. The molecule has 0 saturated heterocycles. The quantitative estimate of drug-likeness (QED) is 0.132. The molecule has 0 fully saturated rings. The predicted molar refractivity (Wildman–Crippen MR) is 350 cm³/mol. The second kappa shape index (κ2) is 19.4. The van der Waals surface area contributed by atoms with Crippen LogP contribution in [0.4, 0.5) is 17.1 Å². The topological polar surface area (TPSA) is 3.24 Å². The van der Waals surface area contributed by atoms with Gasteiger partial charge in [-0.25, -0.2) is 0 Å². The van der Waals surface area contributed by atoms with Gasteiger partial charge < -0.3 is 4.90 Å². The zero-order chi connectivity index (χ0) is 56.0. The second-order valence-electron chi connectivity index (χ2n) is 23.5. The molecule has 0 spiro atoms. The van der Waals surface area contributed by atoms with Crippen LogP contribution in [0.15, 0.2) is 322 Å². The summed E-state index contributed by atoms with van der Waals surface area (Å²) in [5.74, 6) is 0. The summed E-state index contributed by atoms with van der Waals surface area (Å²) in [4.78, 5) is 2.45. The number of nitrogens with zero attached hydrogens (tertiary/aromatic N) is 1. The molecule has 84 heavy (non-hydrogen) atoms. The fourth-order valence-corrected chi connectivity index (χ4v) is 15.1. The highest BCUT2D eigenvalue weighted by atomic mass is 15.1. The molecule has 396 valence electrons. The smallest absolute Gasteiger partial charge is 0.0713 e.